The maximum absolute atomic E-state index is 13.6. The normalized spacial score (nSPS) is 10.6. The standard InChI is InChI=1S/C15H18FN3O/c1-10-12(9-18-19-10)5-4-8-17-14-7-3-6-13(16)15(14)11(2)20/h3,6-7,9,17H,4-5,8H2,1-2H3,(H,18,19). The fraction of sp³-hybridized carbons (Fsp3) is 0.333. The van der Waals surface area contributed by atoms with Gasteiger partial charge in [0.1, 0.15) is 5.82 Å². The van der Waals surface area contributed by atoms with E-state index in [1.165, 1.54) is 18.6 Å². The van der Waals surface area contributed by atoms with Gasteiger partial charge in [-0.2, -0.15) is 5.10 Å². The minimum Gasteiger partial charge on any atom is -0.384 e. The van der Waals surface area contributed by atoms with Gasteiger partial charge in [-0.3, -0.25) is 9.89 Å². The number of aromatic amines is 1. The zero-order chi connectivity index (χ0) is 14.5. The third kappa shape index (κ3) is 3.23. The van der Waals surface area contributed by atoms with Crippen LogP contribution in [0.15, 0.2) is 24.4 Å². The molecular formula is C15H18FN3O. The summed E-state index contributed by atoms with van der Waals surface area (Å²) in [5, 5.41) is 9.99. The van der Waals surface area contributed by atoms with Crippen LogP contribution < -0.4 is 5.32 Å². The summed E-state index contributed by atoms with van der Waals surface area (Å²) in [5.41, 5.74) is 2.94. The number of hydrogen-bond donors (Lipinski definition) is 2. The lowest BCUT2D eigenvalue weighted by molar-refractivity contribution is 0.101. The number of nitrogens with one attached hydrogen (secondary N) is 2. The van der Waals surface area contributed by atoms with Crippen molar-refractivity contribution in [3.63, 3.8) is 0 Å². The number of rotatable bonds is 6. The van der Waals surface area contributed by atoms with Crippen molar-refractivity contribution in [2.75, 3.05) is 11.9 Å². The Balaban J connectivity index is 1.93. The number of Topliss-reactive ketones (excluding diaryl/α,β-unsaturated/α-hetero) is 1. The number of halogens is 1. The van der Waals surface area contributed by atoms with Crippen molar-refractivity contribution in [3.05, 3.63) is 47.0 Å². The van der Waals surface area contributed by atoms with E-state index in [0.29, 0.717) is 12.2 Å². The molecule has 0 unspecified atom stereocenters. The number of aromatic nitrogens is 2. The highest BCUT2D eigenvalue weighted by Gasteiger charge is 2.12. The number of benzene rings is 1. The Kier molecular flexibility index (Phi) is 4.50. The summed E-state index contributed by atoms with van der Waals surface area (Å²) in [4.78, 5) is 11.5. The number of carbonyl (C=O) groups excluding carboxylic acids is 1. The first-order valence-corrected chi connectivity index (χ1v) is 6.61. The van der Waals surface area contributed by atoms with Crippen LogP contribution in [0.4, 0.5) is 10.1 Å². The van der Waals surface area contributed by atoms with Crippen molar-refractivity contribution in [2.24, 2.45) is 0 Å². The van der Waals surface area contributed by atoms with E-state index in [-0.39, 0.29) is 11.3 Å². The van der Waals surface area contributed by atoms with Crippen molar-refractivity contribution < 1.29 is 9.18 Å². The van der Waals surface area contributed by atoms with E-state index in [0.717, 1.165) is 18.5 Å². The van der Waals surface area contributed by atoms with Gasteiger partial charge < -0.3 is 5.32 Å². The summed E-state index contributed by atoms with van der Waals surface area (Å²) >= 11 is 0. The molecule has 2 N–H and O–H groups in total. The molecule has 0 saturated carbocycles. The maximum Gasteiger partial charge on any atom is 0.164 e. The van der Waals surface area contributed by atoms with Crippen LogP contribution in [-0.2, 0) is 6.42 Å². The van der Waals surface area contributed by atoms with Gasteiger partial charge in [-0.1, -0.05) is 6.07 Å². The van der Waals surface area contributed by atoms with E-state index in [4.69, 9.17) is 0 Å². The van der Waals surface area contributed by atoms with Gasteiger partial charge in [0.25, 0.3) is 0 Å². The van der Waals surface area contributed by atoms with Gasteiger partial charge in [-0.05, 0) is 44.4 Å². The molecule has 0 atom stereocenters. The van der Waals surface area contributed by atoms with Crippen LogP contribution in [0.1, 0.15) is 35.0 Å². The molecule has 0 aliphatic carbocycles. The molecule has 1 heterocycles. The molecule has 4 nitrogen and oxygen atoms in total. The van der Waals surface area contributed by atoms with Crippen molar-refractivity contribution in [2.45, 2.75) is 26.7 Å². The van der Waals surface area contributed by atoms with Gasteiger partial charge in [0.2, 0.25) is 0 Å². The van der Waals surface area contributed by atoms with Crippen molar-refractivity contribution in [1.82, 2.24) is 10.2 Å². The molecule has 0 spiro atoms. The van der Waals surface area contributed by atoms with Gasteiger partial charge in [0.05, 0.1) is 11.8 Å². The highest BCUT2D eigenvalue weighted by Crippen LogP contribution is 2.19. The fourth-order valence-electron chi connectivity index (χ4n) is 2.16. The molecule has 2 rings (SSSR count). The van der Waals surface area contributed by atoms with E-state index in [9.17, 15) is 9.18 Å². The van der Waals surface area contributed by atoms with Gasteiger partial charge >= 0.3 is 0 Å². The number of ketones is 1. The lowest BCUT2D eigenvalue weighted by Crippen LogP contribution is -2.09. The highest BCUT2D eigenvalue weighted by molar-refractivity contribution is 5.99. The van der Waals surface area contributed by atoms with Crippen LogP contribution in [0.2, 0.25) is 0 Å². The molecular weight excluding hydrogens is 257 g/mol. The summed E-state index contributed by atoms with van der Waals surface area (Å²) in [5.74, 6) is -0.746. The van der Waals surface area contributed by atoms with Gasteiger partial charge in [-0.25, -0.2) is 4.39 Å². The van der Waals surface area contributed by atoms with E-state index in [2.05, 4.69) is 15.5 Å². The van der Waals surface area contributed by atoms with Gasteiger partial charge in [-0.15, -0.1) is 0 Å². The van der Waals surface area contributed by atoms with E-state index < -0.39 is 5.82 Å². The van der Waals surface area contributed by atoms with Gasteiger partial charge in [0.15, 0.2) is 5.78 Å². The minimum atomic E-state index is -0.479. The molecule has 1 aromatic carbocycles. The quantitative estimate of drug-likeness (QED) is 0.629. The zero-order valence-electron chi connectivity index (χ0n) is 11.7. The second-order valence-corrected chi connectivity index (χ2v) is 4.77. The predicted octanol–water partition coefficient (Wildman–Crippen LogP) is 3.10. The summed E-state index contributed by atoms with van der Waals surface area (Å²) in [6, 6.07) is 4.63. The first kappa shape index (κ1) is 14.2. The average molecular weight is 275 g/mol. The van der Waals surface area contributed by atoms with Crippen LogP contribution >= 0.6 is 0 Å². The lowest BCUT2D eigenvalue weighted by Gasteiger charge is -2.10. The second-order valence-electron chi connectivity index (χ2n) is 4.77. The topological polar surface area (TPSA) is 57.8 Å². The first-order chi connectivity index (χ1) is 9.59. The number of hydrogen-bond acceptors (Lipinski definition) is 3. The number of carbonyl (C=O) groups is 1. The first-order valence-electron chi connectivity index (χ1n) is 6.61. The Bertz CT molecular complexity index is 607. The molecule has 20 heavy (non-hydrogen) atoms. The molecule has 0 saturated heterocycles. The van der Waals surface area contributed by atoms with Crippen LogP contribution in [0, 0.1) is 12.7 Å². The zero-order valence-corrected chi connectivity index (χ0v) is 11.7. The van der Waals surface area contributed by atoms with Crippen LogP contribution in [0.3, 0.4) is 0 Å². The summed E-state index contributed by atoms with van der Waals surface area (Å²) in [7, 11) is 0. The van der Waals surface area contributed by atoms with E-state index in [1.807, 2.05) is 13.1 Å². The van der Waals surface area contributed by atoms with E-state index in [1.54, 1.807) is 12.1 Å². The molecule has 0 fully saturated rings. The Morgan fingerprint density at radius 2 is 2.25 bits per heavy atom. The minimum absolute atomic E-state index is 0.131. The largest absolute Gasteiger partial charge is 0.384 e. The van der Waals surface area contributed by atoms with Crippen LogP contribution in [-0.4, -0.2) is 22.5 Å². The monoisotopic (exact) mass is 275 g/mol. The van der Waals surface area contributed by atoms with Gasteiger partial charge in [0, 0.05) is 17.9 Å². The molecule has 0 radical (unpaired) electrons. The van der Waals surface area contributed by atoms with Crippen molar-refractivity contribution >= 4 is 11.5 Å². The smallest absolute Gasteiger partial charge is 0.164 e. The second kappa shape index (κ2) is 6.32. The maximum atomic E-state index is 13.6. The average Bonchev–Trinajstić information content (AvgIpc) is 2.80. The Labute approximate surface area is 117 Å². The predicted molar refractivity (Wildman–Crippen MR) is 76.5 cm³/mol. The molecule has 0 amide bonds. The summed E-state index contributed by atoms with van der Waals surface area (Å²) in [6.07, 6.45) is 3.59. The number of nitrogens with zero attached hydrogens (tertiary/aromatic N) is 1. The molecule has 106 valence electrons. The molecule has 1 aromatic heterocycles. The van der Waals surface area contributed by atoms with Crippen LogP contribution in [0.5, 0.6) is 0 Å². The molecule has 2 aromatic rings. The Morgan fingerprint density at radius 3 is 2.90 bits per heavy atom. The van der Waals surface area contributed by atoms with Crippen LogP contribution in [0.25, 0.3) is 0 Å². The van der Waals surface area contributed by atoms with Crippen molar-refractivity contribution in [1.29, 1.82) is 0 Å². The lowest BCUT2D eigenvalue weighted by atomic mass is 10.1. The third-order valence-corrected chi connectivity index (χ3v) is 3.24. The summed E-state index contributed by atoms with van der Waals surface area (Å²) < 4.78 is 13.6. The highest BCUT2D eigenvalue weighted by atomic mass is 19.1. The number of H-pyrrole nitrogens is 1. The third-order valence-electron chi connectivity index (χ3n) is 3.24. The number of aryl methyl sites for hydroxylation is 2. The Hall–Kier alpha value is -2.17. The summed E-state index contributed by atoms with van der Waals surface area (Å²) in [6.45, 7) is 4.03. The fourth-order valence-corrected chi connectivity index (χ4v) is 2.16. The van der Waals surface area contributed by atoms with Crippen molar-refractivity contribution in [3.8, 4) is 0 Å². The molecule has 0 aliphatic heterocycles. The Morgan fingerprint density at radius 1 is 1.45 bits per heavy atom. The molecule has 0 bridgehead atoms. The van der Waals surface area contributed by atoms with E-state index >= 15 is 0 Å². The molecule has 0 aliphatic rings. The SMILES string of the molecule is CC(=O)c1c(F)cccc1NCCCc1cn[nH]c1C. The number of anilines is 1. The molecule has 5 heteroatoms.